The van der Waals surface area contributed by atoms with Gasteiger partial charge in [-0.2, -0.15) is 0 Å². The van der Waals surface area contributed by atoms with Gasteiger partial charge in [0.05, 0.1) is 24.3 Å². The van der Waals surface area contributed by atoms with Crippen molar-refractivity contribution in [2.75, 3.05) is 0 Å². The van der Waals surface area contributed by atoms with E-state index in [0.29, 0.717) is 13.2 Å². The smallest absolute Gasteiger partial charge is 0.141 e. The molecular weight excluding hydrogens is 300 g/mol. The summed E-state index contributed by atoms with van der Waals surface area (Å²) in [7, 11) is 0. The first kappa shape index (κ1) is 15.3. The molecule has 1 heterocycles. The van der Waals surface area contributed by atoms with Crippen LogP contribution in [0.4, 0.5) is 4.39 Å². The predicted molar refractivity (Wildman–Crippen MR) is 79.6 cm³/mol. The summed E-state index contributed by atoms with van der Waals surface area (Å²) in [4.78, 5) is 0. The molecule has 3 rings (SSSR count). The molecule has 0 spiro atoms. The van der Waals surface area contributed by atoms with Gasteiger partial charge in [-0.25, -0.2) is 4.39 Å². The lowest BCUT2D eigenvalue weighted by Crippen LogP contribution is -2.12. The van der Waals surface area contributed by atoms with Crippen LogP contribution in [0.2, 0.25) is 5.02 Å². The third-order valence-electron chi connectivity index (χ3n) is 3.41. The van der Waals surface area contributed by atoms with E-state index in [1.165, 1.54) is 17.2 Å². The van der Waals surface area contributed by atoms with Gasteiger partial charge in [0.15, 0.2) is 0 Å². The van der Waals surface area contributed by atoms with Gasteiger partial charge in [0, 0.05) is 0 Å². The Kier molecular flexibility index (Phi) is 4.66. The van der Waals surface area contributed by atoms with Crippen molar-refractivity contribution in [3.8, 4) is 0 Å². The largest absolute Gasteiger partial charge is 0.372 e. The van der Waals surface area contributed by atoms with Gasteiger partial charge in [-0.05, 0) is 34.4 Å². The molecule has 2 aromatic rings. The Labute approximate surface area is 128 Å². The molecule has 1 atom stereocenters. The molecule has 2 nitrogen and oxygen atoms in total. The number of benzene rings is 2. The predicted octanol–water partition coefficient (Wildman–Crippen LogP) is 3.98. The number of rotatable bonds is 2. The van der Waals surface area contributed by atoms with E-state index in [9.17, 15) is 4.39 Å². The van der Waals surface area contributed by atoms with E-state index in [2.05, 4.69) is 0 Å². The van der Waals surface area contributed by atoms with Crippen LogP contribution in [0, 0.1) is 5.82 Å². The summed E-state index contributed by atoms with van der Waals surface area (Å²) < 4.78 is 18.5. The zero-order chi connectivity index (χ0) is 13.4. The van der Waals surface area contributed by atoms with Gasteiger partial charge < -0.3 is 10.5 Å². The summed E-state index contributed by atoms with van der Waals surface area (Å²) in [6, 6.07) is 10.3. The normalized spacial score (nSPS) is 14.6. The van der Waals surface area contributed by atoms with Gasteiger partial charge in [-0.3, -0.25) is 0 Å². The number of fused-ring (bicyclic) bond motifs is 1. The first-order valence-electron chi connectivity index (χ1n) is 6.05. The number of nitrogens with two attached hydrogens (primary N) is 1. The molecular formula is C15H14Cl2FNO. The monoisotopic (exact) mass is 313 g/mol. The summed E-state index contributed by atoms with van der Waals surface area (Å²) in [6.45, 7) is 1.29. The summed E-state index contributed by atoms with van der Waals surface area (Å²) in [5, 5.41) is 0.0949. The van der Waals surface area contributed by atoms with E-state index in [-0.39, 0.29) is 23.5 Å². The number of hydrogen-bond donors (Lipinski definition) is 1. The van der Waals surface area contributed by atoms with Crippen molar-refractivity contribution in [2.45, 2.75) is 19.3 Å². The zero-order valence-corrected chi connectivity index (χ0v) is 12.2. The van der Waals surface area contributed by atoms with Crippen LogP contribution in [-0.4, -0.2) is 0 Å². The highest BCUT2D eigenvalue weighted by Crippen LogP contribution is 2.28. The summed E-state index contributed by atoms with van der Waals surface area (Å²) in [6.07, 6.45) is 0. The average molecular weight is 314 g/mol. The SMILES string of the molecule is Cl.NC(c1ccc(F)c(Cl)c1)c1ccc2c(c1)COC2. The molecule has 1 unspecified atom stereocenters. The van der Waals surface area contributed by atoms with Crippen molar-refractivity contribution in [1.82, 2.24) is 0 Å². The maximum Gasteiger partial charge on any atom is 0.141 e. The highest BCUT2D eigenvalue weighted by atomic mass is 35.5. The standard InChI is InChI=1S/C15H13ClFNO.ClH/c16-13-6-10(3-4-14(13)17)15(18)9-1-2-11-7-19-8-12(11)5-9;/h1-6,15H,7-8,18H2;1H. The molecule has 2 aromatic carbocycles. The number of hydrogen-bond acceptors (Lipinski definition) is 2. The molecule has 20 heavy (non-hydrogen) atoms. The molecule has 1 aliphatic heterocycles. The second kappa shape index (κ2) is 6.10. The van der Waals surface area contributed by atoms with Gasteiger partial charge in [0.1, 0.15) is 5.82 Å². The molecule has 1 aliphatic rings. The lowest BCUT2D eigenvalue weighted by atomic mass is 9.96. The van der Waals surface area contributed by atoms with Crippen molar-refractivity contribution in [2.24, 2.45) is 5.73 Å². The molecule has 0 saturated heterocycles. The summed E-state index contributed by atoms with van der Waals surface area (Å²) in [5.41, 5.74) is 10.4. The van der Waals surface area contributed by atoms with E-state index < -0.39 is 5.82 Å². The number of ether oxygens (including phenoxy) is 1. The Hall–Kier alpha value is -1.13. The van der Waals surface area contributed by atoms with Crippen molar-refractivity contribution < 1.29 is 9.13 Å². The third-order valence-corrected chi connectivity index (χ3v) is 3.70. The minimum atomic E-state index is -0.431. The Morgan fingerprint density at radius 3 is 2.45 bits per heavy atom. The van der Waals surface area contributed by atoms with Crippen LogP contribution in [0.1, 0.15) is 28.3 Å². The average Bonchev–Trinajstić information content (AvgIpc) is 2.88. The first-order valence-corrected chi connectivity index (χ1v) is 6.43. The van der Waals surface area contributed by atoms with Crippen LogP contribution in [-0.2, 0) is 18.0 Å². The van der Waals surface area contributed by atoms with E-state index in [4.69, 9.17) is 22.1 Å². The highest BCUT2D eigenvalue weighted by Gasteiger charge is 2.16. The minimum absolute atomic E-state index is 0. The topological polar surface area (TPSA) is 35.2 Å². The van der Waals surface area contributed by atoms with Gasteiger partial charge in [0.25, 0.3) is 0 Å². The molecule has 0 aliphatic carbocycles. The molecule has 0 amide bonds. The molecule has 0 radical (unpaired) electrons. The lowest BCUT2D eigenvalue weighted by Gasteiger charge is -2.14. The van der Waals surface area contributed by atoms with Crippen molar-refractivity contribution in [3.05, 3.63) is 69.5 Å². The van der Waals surface area contributed by atoms with Crippen molar-refractivity contribution in [1.29, 1.82) is 0 Å². The first-order chi connectivity index (χ1) is 9.15. The van der Waals surface area contributed by atoms with Crippen LogP contribution in [0.15, 0.2) is 36.4 Å². The molecule has 106 valence electrons. The van der Waals surface area contributed by atoms with E-state index in [1.54, 1.807) is 12.1 Å². The second-order valence-corrected chi connectivity index (χ2v) is 5.08. The molecule has 0 saturated carbocycles. The second-order valence-electron chi connectivity index (χ2n) is 4.67. The van der Waals surface area contributed by atoms with E-state index in [0.717, 1.165) is 11.1 Å². The fourth-order valence-corrected chi connectivity index (χ4v) is 2.47. The third kappa shape index (κ3) is 2.81. The Morgan fingerprint density at radius 1 is 1.05 bits per heavy atom. The Morgan fingerprint density at radius 2 is 1.70 bits per heavy atom. The van der Waals surface area contributed by atoms with Gasteiger partial charge in [-0.15, -0.1) is 12.4 Å². The minimum Gasteiger partial charge on any atom is -0.372 e. The van der Waals surface area contributed by atoms with Gasteiger partial charge in [-0.1, -0.05) is 35.9 Å². The maximum atomic E-state index is 13.2. The van der Waals surface area contributed by atoms with Crippen LogP contribution in [0.25, 0.3) is 0 Å². The fourth-order valence-electron chi connectivity index (χ4n) is 2.28. The van der Waals surface area contributed by atoms with Crippen LogP contribution in [0.3, 0.4) is 0 Å². The molecule has 2 N–H and O–H groups in total. The Bertz CT molecular complexity index is 633. The van der Waals surface area contributed by atoms with Crippen LogP contribution in [0.5, 0.6) is 0 Å². The molecule has 5 heteroatoms. The van der Waals surface area contributed by atoms with Crippen molar-refractivity contribution in [3.63, 3.8) is 0 Å². The summed E-state index contributed by atoms with van der Waals surface area (Å²) >= 11 is 5.79. The molecule has 0 fully saturated rings. The quantitative estimate of drug-likeness (QED) is 0.910. The zero-order valence-electron chi connectivity index (χ0n) is 10.6. The van der Waals surface area contributed by atoms with Gasteiger partial charge >= 0.3 is 0 Å². The lowest BCUT2D eigenvalue weighted by molar-refractivity contribution is 0.134. The molecule has 0 bridgehead atoms. The van der Waals surface area contributed by atoms with E-state index >= 15 is 0 Å². The number of halogens is 3. The Balaban J connectivity index is 0.00000147. The van der Waals surface area contributed by atoms with E-state index in [1.807, 2.05) is 18.2 Å². The van der Waals surface area contributed by atoms with Crippen LogP contribution < -0.4 is 5.73 Å². The highest BCUT2D eigenvalue weighted by molar-refractivity contribution is 6.30. The summed E-state index contributed by atoms with van der Waals surface area (Å²) in [5.74, 6) is -0.431. The van der Waals surface area contributed by atoms with Crippen molar-refractivity contribution >= 4 is 24.0 Å². The van der Waals surface area contributed by atoms with Crippen LogP contribution >= 0.6 is 24.0 Å². The maximum absolute atomic E-state index is 13.2. The molecule has 0 aromatic heterocycles. The fraction of sp³-hybridized carbons (Fsp3) is 0.200. The van der Waals surface area contributed by atoms with Gasteiger partial charge in [0.2, 0.25) is 0 Å².